The van der Waals surface area contributed by atoms with E-state index in [4.69, 9.17) is 15.6 Å². The summed E-state index contributed by atoms with van der Waals surface area (Å²) in [5, 5.41) is 8.97. The van der Waals surface area contributed by atoms with Gasteiger partial charge in [-0.3, -0.25) is 0 Å². The summed E-state index contributed by atoms with van der Waals surface area (Å²) in [6, 6.07) is 17.3. The molecule has 0 aliphatic heterocycles. The molecule has 0 amide bonds. The van der Waals surface area contributed by atoms with Crippen LogP contribution in [0.25, 0.3) is 0 Å². The second-order valence-electron chi connectivity index (χ2n) is 4.05. The van der Waals surface area contributed by atoms with E-state index in [-0.39, 0.29) is 12.7 Å². The standard InChI is InChI=1S/C15H17NO2/c16-10-15(13-4-2-1-3-5-13)18-14-8-6-12(11-17)7-9-14/h1-9,15,17H,10-11,16H2. The molecule has 1 atom stereocenters. The maximum atomic E-state index is 8.97. The van der Waals surface area contributed by atoms with Crippen molar-refractivity contribution >= 4 is 0 Å². The SMILES string of the molecule is NCC(Oc1ccc(CO)cc1)c1ccccc1. The van der Waals surface area contributed by atoms with Gasteiger partial charge in [-0.1, -0.05) is 42.5 Å². The average molecular weight is 243 g/mol. The van der Waals surface area contributed by atoms with E-state index in [9.17, 15) is 0 Å². The lowest BCUT2D eigenvalue weighted by Gasteiger charge is -2.18. The zero-order valence-corrected chi connectivity index (χ0v) is 10.1. The third-order valence-electron chi connectivity index (χ3n) is 2.77. The van der Waals surface area contributed by atoms with Crippen LogP contribution in [0.1, 0.15) is 17.2 Å². The Balaban J connectivity index is 2.10. The number of aliphatic hydroxyl groups is 1. The molecule has 0 saturated carbocycles. The van der Waals surface area contributed by atoms with Gasteiger partial charge in [0, 0.05) is 6.54 Å². The smallest absolute Gasteiger partial charge is 0.136 e. The zero-order valence-electron chi connectivity index (χ0n) is 10.1. The van der Waals surface area contributed by atoms with Gasteiger partial charge in [0.1, 0.15) is 11.9 Å². The molecule has 0 radical (unpaired) electrons. The van der Waals surface area contributed by atoms with Gasteiger partial charge in [0.15, 0.2) is 0 Å². The van der Waals surface area contributed by atoms with Gasteiger partial charge in [0.05, 0.1) is 6.61 Å². The van der Waals surface area contributed by atoms with Gasteiger partial charge in [0.2, 0.25) is 0 Å². The maximum Gasteiger partial charge on any atom is 0.136 e. The molecular formula is C15H17NO2. The second kappa shape index (κ2) is 6.19. The van der Waals surface area contributed by atoms with E-state index in [0.717, 1.165) is 16.9 Å². The van der Waals surface area contributed by atoms with Gasteiger partial charge in [-0.15, -0.1) is 0 Å². The van der Waals surface area contributed by atoms with E-state index in [2.05, 4.69) is 0 Å². The van der Waals surface area contributed by atoms with Gasteiger partial charge >= 0.3 is 0 Å². The number of benzene rings is 2. The predicted octanol–water partition coefficient (Wildman–Crippen LogP) is 2.26. The molecule has 3 N–H and O–H groups in total. The van der Waals surface area contributed by atoms with E-state index in [1.165, 1.54) is 0 Å². The zero-order chi connectivity index (χ0) is 12.8. The molecule has 0 saturated heterocycles. The Morgan fingerprint density at radius 3 is 2.22 bits per heavy atom. The molecule has 2 rings (SSSR count). The number of hydrogen-bond acceptors (Lipinski definition) is 3. The highest BCUT2D eigenvalue weighted by Gasteiger charge is 2.10. The van der Waals surface area contributed by atoms with Gasteiger partial charge < -0.3 is 15.6 Å². The quantitative estimate of drug-likeness (QED) is 0.847. The normalized spacial score (nSPS) is 12.1. The van der Waals surface area contributed by atoms with Crippen LogP contribution in [0.5, 0.6) is 5.75 Å². The minimum Gasteiger partial charge on any atom is -0.484 e. The number of rotatable bonds is 5. The van der Waals surface area contributed by atoms with Crippen molar-refractivity contribution in [2.75, 3.05) is 6.54 Å². The third-order valence-corrected chi connectivity index (χ3v) is 2.77. The van der Waals surface area contributed by atoms with Crippen molar-refractivity contribution < 1.29 is 9.84 Å². The molecule has 0 aliphatic rings. The lowest BCUT2D eigenvalue weighted by Crippen LogP contribution is -2.18. The highest BCUT2D eigenvalue weighted by Crippen LogP contribution is 2.21. The predicted molar refractivity (Wildman–Crippen MR) is 71.2 cm³/mol. The molecule has 94 valence electrons. The van der Waals surface area contributed by atoms with Crippen LogP contribution < -0.4 is 10.5 Å². The van der Waals surface area contributed by atoms with E-state index in [1.54, 1.807) is 0 Å². The van der Waals surface area contributed by atoms with Crippen molar-refractivity contribution in [3.05, 3.63) is 65.7 Å². The lowest BCUT2D eigenvalue weighted by atomic mass is 10.1. The number of nitrogens with two attached hydrogens (primary N) is 1. The summed E-state index contributed by atoms with van der Waals surface area (Å²) in [6.45, 7) is 0.463. The molecule has 0 aliphatic carbocycles. The first-order valence-corrected chi connectivity index (χ1v) is 5.95. The van der Waals surface area contributed by atoms with E-state index in [0.29, 0.717) is 6.54 Å². The molecule has 0 heterocycles. The number of aliphatic hydroxyl groups excluding tert-OH is 1. The molecule has 0 spiro atoms. The Morgan fingerprint density at radius 2 is 1.67 bits per heavy atom. The molecule has 3 heteroatoms. The van der Waals surface area contributed by atoms with Gasteiger partial charge in [-0.25, -0.2) is 0 Å². The fraction of sp³-hybridized carbons (Fsp3) is 0.200. The highest BCUT2D eigenvalue weighted by molar-refractivity contribution is 5.28. The van der Waals surface area contributed by atoms with Crippen molar-refractivity contribution in [2.45, 2.75) is 12.7 Å². The van der Waals surface area contributed by atoms with Crippen LogP contribution in [-0.4, -0.2) is 11.7 Å². The molecular weight excluding hydrogens is 226 g/mol. The first-order chi connectivity index (χ1) is 8.83. The van der Waals surface area contributed by atoms with E-state index >= 15 is 0 Å². The highest BCUT2D eigenvalue weighted by atomic mass is 16.5. The summed E-state index contributed by atoms with van der Waals surface area (Å²) in [6.07, 6.45) is -0.147. The molecule has 2 aromatic carbocycles. The topological polar surface area (TPSA) is 55.5 Å². The minimum absolute atomic E-state index is 0.0410. The van der Waals surface area contributed by atoms with Crippen molar-refractivity contribution in [2.24, 2.45) is 5.73 Å². The van der Waals surface area contributed by atoms with Crippen molar-refractivity contribution in [3.63, 3.8) is 0 Å². The molecule has 0 bridgehead atoms. The van der Waals surface area contributed by atoms with Crippen LogP contribution in [-0.2, 0) is 6.61 Å². The van der Waals surface area contributed by atoms with Crippen molar-refractivity contribution in [1.82, 2.24) is 0 Å². The van der Waals surface area contributed by atoms with Crippen molar-refractivity contribution in [3.8, 4) is 5.75 Å². The Kier molecular flexibility index (Phi) is 4.34. The summed E-state index contributed by atoms with van der Waals surface area (Å²) in [4.78, 5) is 0. The maximum absolute atomic E-state index is 8.97. The summed E-state index contributed by atoms with van der Waals surface area (Å²) < 4.78 is 5.84. The number of ether oxygens (including phenoxy) is 1. The van der Waals surface area contributed by atoms with Crippen LogP contribution in [0.4, 0.5) is 0 Å². The first kappa shape index (κ1) is 12.6. The Hall–Kier alpha value is -1.84. The molecule has 0 aromatic heterocycles. The van der Waals surface area contributed by atoms with Gasteiger partial charge in [-0.05, 0) is 23.3 Å². The van der Waals surface area contributed by atoms with Crippen LogP contribution >= 0.6 is 0 Å². The van der Waals surface area contributed by atoms with Gasteiger partial charge in [-0.2, -0.15) is 0 Å². The fourth-order valence-electron chi connectivity index (χ4n) is 1.76. The molecule has 3 nitrogen and oxygen atoms in total. The Labute approximate surface area is 107 Å². The lowest BCUT2D eigenvalue weighted by molar-refractivity contribution is 0.214. The Morgan fingerprint density at radius 1 is 1.00 bits per heavy atom. The third kappa shape index (κ3) is 3.09. The largest absolute Gasteiger partial charge is 0.484 e. The van der Waals surface area contributed by atoms with Gasteiger partial charge in [0.25, 0.3) is 0 Å². The first-order valence-electron chi connectivity index (χ1n) is 5.95. The van der Waals surface area contributed by atoms with E-state index in [1.807, 2.05) is 54.6 Å². The monoisotopic (exact) mass is 243 g/mol. The Bertz CT molecular complexity index is 468. The van der Waals surface area contributed by atoms with Crippen molar-refractivity contribution in [1.29, 1.82) is 0 Å². The summed E-state index contributed by atoms with van der Waals surface area (Å²) in [7, 11) is 0. The van der Waals surface area contributed by atoms with E-state index < -0.39 is 0 Å². The second-order valence-corrected chi connectivity index (χ2v) is 4.05. The summed E-state index contributed by atoms with van der Waals surface area (Å²) in [5.74, 6) is 0.756. The molecule has 0 fully saturated rings. The van der Waals surface area contributed by atoms with Crippen LogP contribution in [0.15, 0.2) is 54.6 Å². The van der Waals surface area contributed by atoms with Crippen LogP contribution in [0.2, 0.25) is 0 Å². The fourth-order valence-corrected chi connectivity index (χ4v) is 1.76. The summed E-state index contributed by atoms with van der Waals surface area (Å²) >= 11 is 0. The average Bonchev–Trinajstić information content (AvgIpc) is 2.46. The minimum atomic E-state index is -0.147. The molecule has 2 aromatic rings. The molecule has 18 heavy (non-hydrogen) atoms. The summed E-state index contributed by atoms with van der Waals surface area (Å²) in [5.41, 5.74) is 7.67. The number of hydrogen-bond donors (Lipinski definition) is 2. The van der Waals surface area contributed by atoms with Crippen LogP contribution in [0.3, 0.4) is 0 Å². The van der Waals surface area contributed by atoms with Crippen LogP contribution in [0, 0.1) is 0 Å². The molecule has 1 unspecified atom stereocenters.